The summed E-state index contributed by atoms with van der Waals surface area (Å²) in [6.45, 7) is 6.71. The van der Waals surface area contributed by atoms with E-state index in [1.165, 1.54) is 315 Å². The average molecular weight is 1170 g/mol. The molecule has 1 atom stereocenters. The Hall–Kier alpha value is -2.37. The van der Waals surface area contributed by atoms with Crippen molar-refractivity contribution in [2.45, 2.75) is 425 Å². The van der Waals surface area contributed by atoms with Crippen molar-refractivity contribution >= 4 is 17.9 Å². The predicted octanol–water partition coefficient (Wildman–Crippen LogP) is 25.9. The van der Waals surface area contributed by atoms with Gasteiger partial charge >= 0.3 is 17.9 Å². The van der Waals surface area contributed by atoms with Gasteiger partial charge in [0.05, 0.1) is 0 Å². The van der Waals surface area contributed by atoms with Crippen molar-refractivity contribution in [1.29, 1.82) is 0 Å². The van der Waals surface area contributed by atoms with Gasteiger partial charge in [0.1, 0.15) is 13.2 Å². The molecule has 0 radical (unpaired) electrons. The molecule has 0 heterocycles. The number of ether oxygens (including phenoxy) is 3. The predicted molar refractivity (Wildman–Crippen MR) is 362 cm³/mol. The quantitative estimate of drug-likeness (QED) is 0.0261. The second-order valence-electron chi connectivity index (χ2n) is 25.6. The molecule has 0 aliphatic rings. The summed E-state index contributed by atoms with van der Waals surface area (Å²) in [5.41, 5.74) is 0. The van der Waals surface area contributed by atoms with Crippen molar-refractivity contribution in [2.24, 2.45) is 0 Å². The Kier molecular flexibility index (Phi) is 70.0. The van der Waals surface area contributed by atoms with Crippen LogP contribution in [-0.4, -0.2) is 37.2 Å². The van der Waals surface area contributed by atoms with Crippen LogP contribution in [0.25, 0.3) is 0 Å². The molecule has 0 bridgehead atoms. The zero-order valence-corrected chi connectivity index (χ0v) is 56.2. The molecule has 0 aliphatic carbocycles. The van der Waals surface area contributed by atoms with Gasteiger partial charge in [-0.2, -0.15) is 0 Å². The lowest BCUT2D eigenvalue weighted by molar-refractivity contribution is -0.167. The summed E-state index contributed by atoms with van der Waals surface area (Å²) < 4.78 is 17.1. The third kappa shape index (κ3) is 70.3. The van der Waals surface area contributed by atoms with Crippen LogP contribution in [-0.2, 0) is 28.6 Å². The smallest absolute Gasteiger partial charge is 0.306 e. The number of unbranched alkanes of at least 4 members (excludes halogenated alkanes) is 53. The van der Waals surface area contributed by atoms with Gasteiger partial charge in [0.2, 0.25) is 0 Å². The Bertz CT molecular complexity index is 1380. The van der Waals surface area contributed by atoms with Crippen LogP contribution >= 0.6 is 0 Å². The minimum atomic E-state index is -0.775. The summed E-state index contributed by atoms with van der Waals surface area (Å²) in [5, 5.41) is 0. The Morgan fingerprint density at radius 3 is 0.675 bits per heavy atom. The minimum Gasteiger partial charge on any atom is -0.462 e. The summed E-state index contributed by atoms with van der Waals surface area (Å²) in [6, 6.07) is 0. The van der Waals surface area contributed by atoms with E-state index in [1.807, 2.05) is 0 Å². The first-order chi connectivity index (χ1) is 41.0. The maximum atomic E-state index is 13.0. The van der Waals surface area contributed by atoms with Crippen LogP contribution in [0.5, 0.6) is 0 Å². The first kappa shape index (κ1) is 80.6. The van der Waals surface area contributed by atoms with Gasteiger partial charge in [-0.1, -0.05) is 359 Å². The lowest BCUT2D eigenvalue weighted by Gasteiger charge is -2.18. The molecule has 0 N–H and O–H groups in total. The molecule has 0 aromatic heterocycles. The van der Waals surface area contributed by atoms with Gasteiger partial charge in [-0.3, -0.25) is 14.4 Å². The second-order valence-corrected chi connectivity index (χ2v) is 25.6. The van der Waals surface area contributed by atoms with Gasteiger partial charge in [-0.05, 0) is 77.0 Å². The van der Waals surface area contributed by atoms with E-state index in [0.29, 0.717) is 19.3 Å². The van der Waals surface area contributed by atoms with Crippen LogP contribution in [0.3, 0.4) is 0 Å². The van der Waals surface area contributed by atoms with E-state index in [9.17, 15) is 14.4 Å². The number of carbonyl (C=O) groups excluding carboxylic acids is 3. The Morgan fingerprint density at radius 2 is 0.434 bits per heavy atom. The van der Waals surface area contributed by atoms with Crippen LogP contribution in [0.4, 0.5) is 0 Å². The fraction of sp³-hybridized carbons (Fsp3) is 0.883. The molecule has 0 fully saturated rings. The standard InChI is InChI=1S/C77H144O6/c1-4-7-10-13-16-19-22-25-28-31-34-37-38-41-43-46-49-52-55-58-61-64-67-70-76(79)82-73-74(83-77(80)71-68-65-62-59-56-53-50-47-44-40-36-33-30-27-24-21-18-15-12-9-6-3)72-81-75(78)69-66-63-60-57-54-51-48-45-42-39-35-32-29-26-23-20-17-14-11-8-5-2/h24,27,32-33,35-36,74H,4-23,25-26,28-31,34,37-73H2,1-3H3/b27-24-,35-32-,36-33-. The number of hydrogen-bond acceptors (Lipinski definition) is 6. The first-order valence-electron chi connectivity index (χ1n) is 37.5. The van der Waals surface area contributed by atoms with Gasteiger partial charge < -0.3 is 14.2 Å². The molecule has 0 aromatic rings. The summed E-state index contributed by atoms with van der Waals surface area (Å²) >= 11 is 0. The molecule has 0 aliphatic heterocycles. The maximum Gasteiger partial charge on any atom is 0.306 e. The van der Waals surface area contributed by atoms with Gasteiger partial charge in [-0.15, -0.1) is 0 Å². The number of rotatable bonds is 70. The summed E-state index contributed by atoms with van der Waals surface area (Å²) in [7, 11) is 0. The van der Waals surface area contributed by atoms with Crippen LogP contribution < -0.4 is 0 Å². The fourth-order valence-corrected chi connectivity index (χ4v) is 11.5. The van der Waals surface area contributed by atoms with Gasteiger partial charge in [-0.25, -0.2) is 0 Å². The van der Waals surface area contributed by atoms with Crippen molar-refractivity contribution in [3.8, 4) is 0 Å². The van der Waals surface area contributed by atoms with E-state index in [0.717, 1.165) is 64.2 Å². The molecule has 488 valence electrons. The van der Waals surface area contributed by atoms with Crippen LogP contribution in [0.15, 0.2) is 36.5 Å². The summed E-state index contributed by atoms with van der Waals surface area (Å²) in [5.74, 6) is -0.842. The summed E-state index contributed by atoms with van der Waals surface area (Å²) in [4.78, 5) is 38.6. The molecule has 0 aromatic carbocycles. The third-order valence-electron chi connectivity index (χ3n) is 17.1. The van der Waals surface area contributed by atoms with Gasteiger partial charge in [0.15, 0.2) is 6.10 Å². The van der Waals surface area contributed by atoms with Crippen LogP contribution in [0.1, 0.15) is 419 Å². The van der Waals surface area contributed by atoms with E-state index in [1.54, 1.807) is 0 Å². The molecule has 0 spiro atoms. The SMILES string of the molecule is CCCCCCC/C=C\C/C=C\CCCCCCCCCCCC(=O)OC(COC(=O)CCCCCCCCCCC/C=C\CCCCCCCCCC)COC(=O)CCCCCCCCCCCCCCCCCCCCCCCCC. The van der Waals surface area contributed by atoms with E-state index in [-0.39, 0.29) is 31.1 Å². The summed E-state index contributed by atoms with van der Waals surface area (Å²) in [6.07, 6.45) is 90.3. The molecule has 0 saturated carbocycles. The van der Waals surface area contributed by atoms with Gasteiger partial charge in [0, 0.05) is 19.3 Å². The molecule has 0 rings (SSSR count). The van der Waals surface area contributed by atoms with Crippen molar-refractivity contribution in [2.75, 3.05) is 13.2 Å². The highest BCUT2D eigenvalue weighted by Crippen LogP contribution is 2.19. The zero-order valence-electron chi connectivity index (χ0n) is 56.2. The maximum absolute atomic E-state index is 13.0. The van der Waals surface area contributed by atoms with Gasteiger partial charge in [0.25, 0.3) is 0 Å². The number of allylic oxidation sites excluding steroid dienone is 6. The lowest BCUT2D eigenvalue weighted by Crippen LogP contribution is -2.30. The van der Waals surface area contributed by atoms with E-state index < -0.39 is 6.10 Å². The zero-order chi connectivity index (χ0) is 59.9. The molecule has 1 unspecified atom stereocenters. The molecular formula is C77H144O6. The molecule has 0 saturated heterocycles. The minimum absolute atomic E-state index is 0.0692. The highest BCUT2D eigenvalue weighted by molar-refractivity contribution is 5.71. The largest absolute Gasteiger partial charge is 0.462 e. The Balaban J connectivity index is 4.32. The third-order valence-corrected chi connectivity index (χ3v) is 17.1. The highest BCUT2D eigenvalue weighted by atomic mass is 16.6. The molecule has 0 amide bonds. The molecular weight excluding hydrogens is 1020 g/mol. The average Bonchev–Trinajstić information content (AvgIpc) is 3.49. The highest BCUT2D eigenvalue weighted by Gasteiger charge is 2.20. The molecule has 83 heavy (non-hydrogen) atoms. The monoisotopic (exact) mass is 1170 g/mol. The Labute approximate surface area is 518 Å². The van der Waals surface area contributed by atoms with E-state index in [4.69, 9.17) is 14.2 Å². The number of hydrogen-bond donors (Lipinski definition) is 0. The van der Waals surface area contributed by atoms with Crippen molar-refractivity contribution in [3.63, 3.8) is 0 Å². The Morgan fingerprint density at radius 1 is 0.241 bits per heavy atom. The normalized spacial score (nSPS) is 12.2. The first-order valence-corrected chi connectivity index (χ1v) is 37.5. The number of carbonyl (C=O) groups is 3. The topological polar surface area (TPSA) is 78.9 Å². The van der Waals surface area contributed by atoms with E-state index >= 15 is 0 Å². The van der Waals surface area contributed by atoms with Crippen LogP contribution in [0.2, 0.25) is 0 Å². The molecule has 6 nitrogen and oxygen atoms in total. The second kappa shape index (κ2) is 72.1. The number of esters is 3. The lowest BCUT2D eigenvalue weighted by atomic mass is 10.0. The van der Waals surface area contributed by atoms with Crippen LogP contribution in [0, 0.1) is 0 Å². The molecule has 6 heteroatoms. The fourth-order valence-electron chi connectivity index (χ4n) is 11.5. The van der Waals surface area contributed by atoms with Crippen molar-refractivity contribution in [1.82, 2.24) is 0 Å². The van der Waals surface area contributed by atoms with Crippen molar-refractivity contribution < 1.29 is 28.6 Å². The van der Waals surface area contributed by atoms with E-state index in [2.05, 4.69) is 57.2 Å². The van der Waals surface area contributed by atoms with Crippen molar-refractivity contribution in [3.05, 3.63) is 36.5 Å².